The Hall–Kier alpha value is 0.600. The van der Waals surface area contributed by atoms with Crippen LogP contribution in [0.5, 0.6) is 0 Å². The zero-order valence-corrected chi connectivity index (χ0v) is 5.39. The third-order valence-electron chi connectivity index (χ3n) is 0. The van der Waals surface area contributed by atoms with Gasteiger partial charge in [-0.2, -0.15) is 0 Å². The van der Waals surface area contributed by atoms with Crippen LogP contribution < -0.4 is 0 Å². The molecule has 0 aromatic heterocycles. The molecule has 68 valence electrons. The SMILES string of the molecule is O.O=C(O)O.O=P(O)(O)O.[CaH2]. The number of phosphoric acid groups is 1. The summed E-state index contributed by atoms with van der Waals surface area (Å²) >= 11 is 0. The second kappa shape index (κ2) is 10.6. The van der Waals surface area contributed by atoms with E-state index in [0.717, 1.165) is 0 Å². The van der Waals surface area contributed by atoms with E-state index in [-0.39, 0.29) is 43.2 Å². The van der Waals surface area contributed by atoms with Crippen molar-refractivity contribution >= 4 is 51.7 Å². The van der Waals surface area contributed by atoms with E-state index in [2.05, 4.69) is 0 Å². The predicted molar refractivity (Wildman–Crippen MR) is 37.1 cm³/mol. The van der Waals surface area contributed by atoms with Gasteiger partial charge >= 0.3 is 51.7 Å². The van der Waals surface area contributed by atoms with E-state index < -0.39 is 14.0 Å². The van der Waals surface area contributed by atoms with Crippen LogP contribution in [0.1, 0.15) is 0 Å². The molecule has 0 unspecified atom stereocenters. The molecule has 10 heteroatoms. The Morgan fingerprint density at radius 1 is 1.09 bits per heavy atom. The van der Waals surface area contributed by atoms with Crippen molar-refractivity contribution in [2.45, 2.75) is 0 Å². The van der Waals surface area contributed by atoms with Gasteiger partial charge in [0.25, 0.3) is 0 Å². The van der Waals surface area contributed by atoms with Gasteiger partial charge in [-0.25, -0.2) is 9.36 Å². The third-order valence-corrected chi connectivity index (χ3v) is 0. The van der Waals surface area contributed by atoms with Crippen molar-refractivity contribution in [1.29, 1.82) is 0 Å². The van der Waals surface area contributed by atoms with E-state index in [1.165, 1.54) is 0 Å². The van der Waals surface area contributed by atoms with Crippen molar-refractivity contribution in [3.05, 3.63) is 0 Å². The number of rotatable bonds is 0. The van der Waals surface area contributed by atoms with Gasteiger partial charge in [0.05, 0.1) is 0 Å². The van der Waals surface area contributed by atoms with Gasteiger partial charge in [-0.3, -0.25) is 0 Å². The summed E-state index contributed by atoms with van der Waals surface area (Å²) in [6, 6.07) is 0. The molecule has 0 rings (SSSR count). The zero-order valence-electron chi connectivity index (χ0n) is 4.50. The molecule has 0 saturated heterocycles. The average molecular weight is 220 g/mol. The van der Waals surface area contributed by atoms with E-state index in [1.807, 2.05) is 0 Å². The van der Waals surface area contributed by atoms with Crippen LogP contribution in [0.2, 0.25) is 0 Å². The predicted octanol–water partition coefficient (Wildman–Crippen LogP) is -2.45. The zero-order chi connectivity index (χ0) is 8.08. The molecule has 0 atom stereocenters. The number of carbonyl (C=O) groups is 1. The molecule has 0 heterocycles. The van der Waals surface area contributed by atoms with Gasteiger partial charge in [0, 0.05) is 0 Å². The van der Waals surface area contributed by atoms with Crippen LogP contribution in [-0.2, 0) is 4.57 Å². The summed E-state index contributed by atoms with van der Waals surface area (Å²) in [5.74, 6) is 0. The first-order valence-corrected chi connectivity index (χ1v) is 3.00. The van der Waals surface area contributed by atoms with Crippen LogP contribution in [0.3, 0.4) is 0 Å². The fourth-order valence-electron chi connectivity index (χ4n) is 0. The first-order chi connectivity index (χ1) is 3.73. The normalized spacial score (nSPS) is 7.55. The average Bonchev–Trinajstić information content (AvgIpc) is 1.19. The Morgan fingerprint density at radius 2 is 1.09 bits per heavy atom. The molecule has 0 radical (unpaired) electrons. The fourth-order valence-corrected chi connectivity index (χ4v) is 0. The van der Waals surface area contributed by atoms with Crippen LogP contribution in [0.25, 0.3) is 0 Å². The van der Waals surface area contributed by atoms with Gasteiger partial charge in [0.1, 0.15) is 0 Å². The standard InChI is InChI=1S/CH2O3.Ca.H3O4P.H2O.2H/c2-1(3)4;;1-5(2,3)4;;;/h(H2,2,3,4);;(H3,1,2,3,4);1H2;;. The number of hydrogen-bond donors (Lipinski definition) is 5. The summed E-state index contributed by atoms with van der Waals surface area (Å²) < 4.78 is 8.88. The monoisotopic (exact) mass is 220 g/mol. The summed E-state index contributed by atoms with van der Waals surface area (Å²) in [5, 5.41) is 13.9. The van der Waals surface area contributed by atoms with Crippen LogP contribution in [0.15, 0.2) is 0 Å². The van der Waals surface area contributed by atoms with Crippen molar-refractivity contribution in [1.82, 2.24) is 0 Å². The fraction of sp³-hybridized carbons (Fsp3) is 0. The van der Waals surface area contributed by atoms with Gasteiger partial charge in [-0.05, 0) is 0 Å². The molecule has 0 spiro atoms. The van der Waals surface area contributed by atoms with E-state index in [9.17, 15) is 0 Å². The summed E-state index contributed by atoms with van der Waals surface area (Å²) in [4.78, 5) is 30.1. The molecule has 11 heavy (non-hydrogen) atoms. The second-order valence-corrected chi connectivity index (χ2v) is 1.82. The van der Waals surface area contributed by atoms with E-state index >= 15 is 0 Å². The summed E-state index contributed by atoms with van der Waals surface area (Å²) in [6.45, 7) is 0. The Balaban J connectivity index is -0.0000000383. The van der Waals surface area contributed by atoms with Crippen molar-refractivity contribution in [2.75, 3.05) is 0 Å². The molecule has 0 aromatic rings. The van der Waals surface area contributed by atoms with Gasteiger partial charge < -0.3 is 30.4 Å². The van der Waals surface area contributed by atoms with Crippen molar-refractivity contribution < 1.29 is 39.7 Å². The molecule has 0 amide bonds. The van der Waals surface area contributed by atoms with Crippen LogP contribution in [0, 0.1) is 0 Å². The number of carboxylic acid groups (broad SMARTS) is 2. The number of hydrogen-bond acceptors (Lipinski definition) is 2. The Bertz CT molecular complexity index is 114. The van der Waals surface area contributed by atoms with Crippen molar-refractivity contribution in [3.63, 3.8) is 0 Å². The summed E-state index contributed by atoms with van der Waals surface area (Å²) in [5.41, 5.74) is 0. The Kier molecular flexibility index (Phi) is 21.7. The van der Waals surface area contributed by atoms with E-state index in [1.54, 1.807) is 0 Å². The molecular formula is CH9CaO8P. The first kappa shape index (κ1) is 22.6. The van der Waals surface area contributed by atoms with E-state index in [0.29, 0.717) is 0 Å². The maximum atomic E-state index is 8.88. The molecule has 8 nitrogen and oxygen atoms in total. The molecule has 7 N–H and O–H groups in total. The maximum absolute atomic E-state index is 8.88. The van der Waals surface area contributed by atoms with E-state index in [4.69, 9.17) is 34.3 Å². The van der Waals surface area contributed by atoms with Gasteiger partial charge in [0.15, 0.2) is 0 Å². The van der Waals surface area contributed by atoms with Crippen LogP contribution in [-0.4, -0.2) is 74.3 Å². The van der Waals surface area contributed by atoms with Crippen molar-refractivity contribution in [2.24, 2.45) is 0 Å². The molecule has 0 saturated carbocycles. The minimum atomic E-state index is -4.64. The summed E-state index contributed by atoms with van der Waals surface area (Å²) in [7, 11) is -4.64. The molecule has 0 aliphatic heterocycles. The van der Waals surface area contributed by atoms with Gasteiger partial charge in [-0.15, -0.1) is 0 Å². The first-order valence-electron chi connectivity index (χ1n) is 1.43. The van der Waals surface area contributed by atoms with Gasteiger partial charge in [-0.1, -0.05) is 0 Å². The van der Waals surface area contributed by atoms with Crippen LogP contribution in [0.4, 0.5) is 4.79 Å². The molecule has 0 aliphatic rings. The molecule has 0 bridgehead atoms. The topological polar surface area (TPSA) is 167 Å². The Labute approximate surface area is 91.0 Å². The minimum absolute atomic E-state index is 0. The third kappa shape index (κ3) is 2180. The molecular weight excluding hydrogens is 211 g/mol. The molecule has 0 aliphatic carbocycles. The quantitative estimate of drug-likeness (QED) is 0.223. The molecule has 0 fully saturated rings. The van der Waals surface area contributed by atoms with Gasteiger partial charge in [0.2, 0.25) is 0 Å². The van der Waals surface area contributed by atoms with Crippen LogP contribution >= 0.6 is 7.82 Å². The molecule has 0 aromatic carbocycles. The second-order valence-electron chi connectivity index (χ2n) is 0.796. The van der Waals surface area contributed by atoms with Crippen molar-refractivity contribution in [3.8, 4) is 0 Å². The summed E-state index contributed by atoms with van der Waals surface area (Å²) in [6.07, 6.45) is -1.83. The Morgan fingerprint density at radius 3 is 1.09 bits per heavy atom.